The Hall–Kier alpha value is -2.11. The van der Waals surface area contributed by atoms with Gasteiger partial charge in [0.15, 0.2) is 0 Å². The number of anilines is 1. The summed E-state index contributed by atoms with van der Waals surface area (Å²) >= 11 is 0. The van der Waals surface area contributed by atoms with Crippen LogP contribution in [0.15, 0.2) is 52.3 Å². The molecule has 0 saturated carbocycles. The second-order valence-electron chi connectivity index (χ2n) is 5.84. The zero-order valence-electron chi connectivity index (χ0n) is 14.3. The minimum Gasteiger partial charge on any atom is -0.280 e. The Kier molecular flexibility index (Phi) is 5.88. The molecule has 0 atom stereocenters. The molecule has 0 heterocycles. The van der Waals surface area contributed by atoms with Crippen LogP contribution in [0.2, 0.25) is 0 Å². The summed E-state index contributed by atoms with van der Waals surface area (Å²) in [6.45, 7) is 1.77. The van der Waals surface area contributed by atoms with Gasteiger partial charge in [0, 0.05) is 5.69 Å². The summed E-state index contributed by atoms with van der Waals surface area (Å²) in [7, 11) is -8.27. The Morgan fingerprint density at radius 1 is 0.889 bits per heavy atom. The molecule has 0 unspecified atom stereocenters. The third kappa shape index (κ3) is 5.68. The highest BCUT2D eigenvalue weighted by molar-refractivity contribution is 7.92. The van der Waals surface area contributed by atoms with Crippen molar-refractivity contribution in [3.05, 3.63) is 53.6 Å². The highest BCUT2D eigenvalue weighted by atomic mass is 32.2. The molecule has 0 aliphatic rings. The molecule has 148 valence electrons. The van der Waals surface area contributed by atoms with E-state index in [0.29, 0.717) is 5.56 Å². The van der Waals surface area contributed by atoms with Crippen LogP contribution in [0.3, 0.4) is 0 Å². The number of hydrogen-bond donors (Lipinski definition) is 2. The number of halogens is 3. The van der Waals surface area contributed by atoms with Crippen molar-refractivity contribution in [2.45, 2.75) is 29.8 Å². The molecule has 0 fully saturated rings. The Morgan fingerprint density at radius 3 is 2.00 bits per heavy atom. The first kappa shape index (κ1) is 21.2. The number of benzene rings is 2. The Morgan fingerprint density at radius 2 is 1.48 bits per heavy atom. The normalized spacial score (nSPS) is 12.8. The number of aryl methyl sites for hydroxylation is 2. The Labute approximate surface area is 155 Å². The third-order valence-corrected chi connectivity index (χ3v) is 6.46. The molecule has 0 amide bonds. The van der Waals surface area contributed by atoms with E-state index in [-0.39, 0.29) is 10.6 Å². The van der Waals surface area contributed by atoms with E-state index in [1.165, 1.54) is 10.8 Å². The van der Waals surface area contributed by atoms with Crippen LogP contribution in [-0.4, -0.2) is 29.6 Å². The molecule has 2 aromatic carbocycles. The van der Waals surface area contributed by atoms with Gasteiger partial charge in [-0.3, -0.25) is 4.72 Å². The zero-order valence-corrected chi connectivity index (χ0v) is 16.0. The average Bonchev–Trinajstić information content (AvgIpc) is 2.52. The number of alkyl halides is 3. The highest BCUT2D eigenvalue weighted by Crippen LogP contribution is 2.22. The van der Waals surface area contributed by atoms with Gasteiger partial charge in [0.05, 0.1) is 9.79 Å². The van der Waals surface area contributed by atoms with E-state index in [2.05, 4.69) is 4.72 Å². The van der Waals surface area contributed by atoms with Crippen molar-refractivity contribution in [3.8, 4) is 0 Å². The summed E-state index contributed by atoms with van der Waals surface area (Å²) in [6.07, 6.45) is -4.69. The number of nitrogens with one attached hydrogen (secondary N) is 2. The van der Waals surface area contributed by atoms with Gasteiger partial charge in [0.25, 0.3) is 10.0 Å². The largest absolute Gasteiger partial charge is 0.402 e. The lowest BCUT2D eigenvalue weighted by Crippen LogP contribution is -2.33. The van der Waals surface area contributed by atoms with Gasteiger partial charge in [0.2, 0.25) is 10.0 Å². The van der Waals surface area contributed by atoms with Crippen LogP contribution in [0.4, 0.5) is 18.9 Å². The van der Waals surface area contributed by atoms with Gasteiger partial charge in [-0.25, -0.2) is 21.6 Å². The van der Waals surface area contributed by atoms with Gasteiger partial charge >= 0.3 is 6.18 Å². The molecule has 0 bridgehead atoms. The van der Waals surface area contributed by atoms with Crippen LogP contribution in [0.25, 0.3) is 0 Å². The molecular formula is C16H17F3N2O4S2. The molecular weight excluding hydrogens is 405 g/mol. The standard InChI is InChI=1S/C16H17F3N2O4S2/c1-11-3-8-15(12(2)9-11)27(24,25)21-13-4-6-14(7-5-13)26(22,23)20-10-16(17,18)19/h3-9,20-21H,10H2,1-2H3. The fourth-order valence-electron chi connectivity index (χ4n) is 2.27. The van der Waals surface area contributed by atoms with Crippen molar-refractivity contribution in [3.63, 3.8) is 0 Å². The van der Waals surface area contributed by atoms with Gasteiger partial charge in [-0.15, -0.1) is 0 Å². The number of hydrogen-bond acceptors (Lipinski definition) is 4. The minimum absolute atomic E-state index is 0.0663. The second-order valence-corrected chi connectivity index (χ2v) is 9.26. The van der Waals surface area contributed by atoms with Crippen LogP contribution in [0.5, 0.6) is 0 Å². The van der Waals surface area contributed by atoms with E-state index >= 15 is 0 Å². The van der Waals surface area contributed by atoms with Crippen LogP contribution < -0.4 is 9.44 Å². The van der Waals surface area contributed by atoms with Crippen LogP contribution in [0.1, 0.15) is 11.1 Å². The molecule has 2 rings (SSSR count). The van der Waals surface area contributed by atoms with Gasteiger partial charge in [-0.05, 0) is 49.7 Å². The molecule has 0 spiro atoms. The van der Waals surface area contributed by atoms with Crippen molar-refractivity contribution >= 4 is 25.7 Å². The molecule has 27 heavy (non-hydrogen) atoms. The van der Waals surface area contributed by atoms with E-state index in [4.69, 9.17) is 0 Å². The van der Waals surface area contributed by atoms with E-state index in [1.807, 2.05) is 6.92 Å². The maximum atomic E-state index is 12.5. The molecule has 6 nitrogen and oxygen atoms in total. The van der Waals surface area contributed by atoms with Crippen molar-refractivity contribution in [1.29, 1.82) is 0 Å². The monoisotopic (exact) mass is 422 g/mol. The van der Waals surface area contributed by atoms with Crippen LogP contribution in [0, 0.1) is 13.8 Å². The summed E-state index contributed by atoms with van der Waals surface area (Å²) in [4.78, 5) is -0.349. The molecule has 0 aliphatic carbocycles. The van der Waals surface area contributed by atoms with Gasteiger partial charge in [-0.2, -0.15) is 13.2 Å². The van der Waals surface area contributed by atoms with Crippen LogP contribution >= 0.6 is 0 Å². The molecule has 0 radical (unpaired) electrons. The molecule has 2 aromatic rings. The molecule has 0 aromatic heterocycles. The molecule has 0 saturated heterocycles. The fourth-order valence-corrected chi connectivity index (χ4v) is 4.57. The van der Waals surface area contributed by atoms with Crippen molar-refractivity contribution in [2.75, 3.05) is 11.3 Å². The second kappa shape index (κ2) is 7.49. The summed E-state index contributed by atoms with van der Waals surface area (Å²) in [6, 6.07) is 9.14. The number of rotatable bonds is 6. The maximum absolute atomic E-state index is 12.5. The summed E-state index contributed by atoms with van der Waals surface area (Å²) in [5.74, 6) is 0. The molecule has 0 aliphatic heterocycles. The molecule has 11 heteroatoms. The Bertz CT molecular complexity index is 1030. The lowest BCUT2D eigenvalue weighted by molar-refractivity contribution is -0.121. The minimum atomic E-state index is -4.69. The predicted molar refractivity (Wildman–Crippen MR) is 94.4 cm³/mol. The molecule has 2 N–H and O–H groups in total. The maximum Gasteiger partial charge on any atom is 0.402 e. The van der Waals surface area contributed by atoms with E-state index < -0.39 is 37.7 Å². The van der Waals surface area contributed by atoms with E-state index in [0.717, 1.165) is 29.8 Å². The lowest BCUT2D eigenvalue weighted by Gasteiger charge is -2.12. The summed E-state index contributed by atoms with van der Waals surface area (Å²) < 4.78 is 88.8. The summed E-state index contributed by atoms with van der Waals surface area (Å²) in [5.41, 5.74) is 1.51. The zero-order chi connectivity index (χ0) is 20.5. The predicted octanol–water partition coefficient (Wildman–Crippen LogP) is 2.94. The van der Waals surface area contributed by atoms with Gasteiger partial charge in [0.1, 0.15) is 6.54 Å². The SMILES string of the molecule is Cc1ccc(S(=O)(=O)Nc2ccc(S(=O)(=O)NCC(F)(F)F)cc2)c(C)c1. The topological polar surface area (TPSA) is 92.3 Å². The van der Waals surface area contributed by atoms with Crippen molar-refractivity contribution in [2.24, 2.45) is 0 Å². The van der Waals surface area contributed by atoms with Crippen LogP contribution in [-0.2, 0) is 20.0 Å². The van der Waals surface area contributed by atoms with Crippen molar-refractivity contribution in [1.82, 2.24) is 4.72 Å². The van der Waals surface area contributed by atoms with Gasteiger partial charge < -0.3 is 0 Å². The lowest BCUT2D eigenvalue weighted by atomic mass is 10.2. The smallest absolute Gasteiger partial charge is 0.280 e. The number of sulfonamides is 2. The third-order valence-electron chi connectivity index (χ3n) is 3.50. The quantitative estimate of drug-likeness (QED) is 0.749. The van der Waals surface area contributed by atoms with Crippen molar-refractivity contribution < 1.29 is 30.0 Å². The Balaban J connectivity index is 2.20. The average molecular weight is 422 g/mol. The summed E-state index contributed by atoms with van der Waals surface area (Å²) in [5, 5.41) is 0. The highest BCUT2D eigenvalue weighted by Gasteiger charge is 2.30. The first-order chi connectivity index (χ1) is 12.3. The fraction of sp³-hybridized carbons (Fsp3) is 0.250. The van der Waals surface area contributed by atoms with E-state index in [1.54, 1.807) is 19.1 Å². The van der Waals surface area contributed by atoms with E-state index in [9.17, 15) is 30.0 Å². The first-order valence-electron chi connectivity index (χ1n) is 7.57. The first-order valence-corrected chi connectivity index (χ1v) is 10.5. The van der Waals surface area contributed by atoms with Gasteiger partial charge in [-0.1, -0.05) is 17.7 Å².